The Bertz CT molecular complexity index is 721. The first-order chi connectivity index (χ1) is 11.5. The van der Waals surface area contributed by atoms with Crippen LogP contribution in [0.15, 0.2) is 16.7 Å². The van der Waals surface area contributed by atoms with E-state index in [1.165, 1.54) is 0 Å². The van der Waals surface area contributed by atoms with Gasteiger partial charge in [-0.2, -0.15) is 0 Å². The third-order valence-electron chi connectivity index (χ3n) is 4.05. The van der Waals surface area contributed by atoms with E-state index in [4.69, 9.17) is 4.52 Å². The van der Waals surface area contributed by atoms with Crippen molar-refractivity contribution >= 4 is 17.5 Å². The van der Waals surface area contributed by atoms with Gasteiger partial charge in [-0.25, -0.2) is 9.97 Å². The van der Waals surface area contributed by atoms with Gasteiger partial charge in [0.25, 0.3) is 5.91 Å². The molecule has 0 aliphatic carbocycles. The van der Waals surface area contributed by atoms with E-state index in [2.05, 4.69) is 32.3 Å². The highest BCUT2D eigenvalue weighted by atomic mass is 16.5. The van der Waals surface area contributed by atoms with E-state index in [-0.39, 0.29) is 5.91 Å². The predicted octanol–water partition coefficient (Wildman–Crippen LogP) is 1.60. The minimum atomic E-state index is -0.0596. The van der Waals surface area contributed by atoms with Gasteiger partial charge in [0.05, 0.1) is 0 Å². The molecule has 1 saturated heterocycles. The molecule has 1 fully saturated rings. The Labute approximate surface area is 140 Å². The molecule has 24 heavy (non-hydrogen) atoms. The van der Waals surface area contributed by atoms with Crippen molar-refractivity contribution < 1.29 is 9.32 Å². The van der Waals surface area contributed by atoms with Crippen molar-refractivity contribution in [3.8, 4) is 0 Å². The van der Waals surface area contributed by atoms with Crippen LogP contribution in [0.2, 0.25) is 0 Å². The third kappa shape index (κ3) is 3.70. The van der Waals surface area contributed by atoms with Crippen LogP contribution in [0, 0.1) is 13.8 Å². The second-order valence-electron chi connectivity index (χ2n) is 5.86. The molecule has 128 valence electrons. The quantitative estimate of drug-likeness (QED) is 0.911. The van der Waals surface area contributed by atoms with Crippen LogP contribution in [-0.4, -0.2) is 63.6 Å². The molecule has 2 aromatic rings. The molecule has 3 rings (SSSR count). The number of likely N-dealkylation sites (N-methyl/N-ethyl adjacent to an activating group) is 1. The first-order valence-corrected chi connectivity index (χ1v) is 8.13. The van der Waals surface area contributed by atoms with Crippen LogP contribution in [0.25, 0.3) is 0 Å². The van der Waals surface area contributed by atoms with Gasteiger partial charge in [-0.15, -0.1) is 0 Å². The highest BCUT2D eigenvalue weighted by molar-refractivity contribution is 5.93. The average Bonchev–Trinajstić information content (AvgIpc) is 2.98. The molecule has 1 N–H and O–H groups in total. The fourth-order valence-electron chi connectivity index (χ4n) is 2.73. The van der Waals surface area contributed by atoms with E-state index in [0.29, 0.717) is 28.9 Å². The monoisotopic (exact) mass is 330 g/mol. The molecule has 3 heterocycles. The first-order valence-electron chi connectivity index (χ1n) is 8.13. The summed E-state index contributed by atoms with van der Waals surface area (Å²) in [5.41, 5.74) is 0.398. The Kier molecular flexibility index (Phi) is 4.75. The van der Waals surface area contributed by atoms with Crippen LogP contribution in [0.4, 0.5) is 11.6 Å². The molecular formula is C16H22N6O2. The van der Waals surface area contributed by atoms with Crippen LogP contribution < -0.4 is 5.32 Å². The van der Waals surface area contributed by atoms with E-state index in [0.717, 1.165) is 32.7 Å². The fraction of sp³-hybridized carbons (Fsp3) is 0.500. The summed E-state index contributed by atoms with van der Waals surface area (Å²) in [6.45, 7) is 9.97. The normalized spacial score (nSPS) is 15.5. The topological polar surface area (TPSA) is 87.4 Å². The van der Waals surface area contributed by atoms with E-state index in [9.17, 15) is 4.79 Å². The van der Waals surface area contributed by atoms with Crippen molar-refractivity contribution in [3.63, 3.8) is 0 Å². The first kappa shape index (κ1) is 16.4. The van der Waals surface area contributed by atoms with Crippen LogP contribution in [0.5, 0.6) is 0 Å². The second-order valence-corrected chi connectivity index (χ2v) is 5.86. The molecule has 1 aliphatic rings. The summed E-state index contributed by atoms with van der Waals surface area (Å²) in [7, 11) is 0. The van der Waals surface area contributed by atoms with Crippen LogP contribution in [-0.2, 0) is 0 Å². The maximum absolute atomic E-state index is 12.7. The van der Waals surface area contributed by atoms with Gasteiger partial charge in [0.15, 0.2) is 5.82 Å². The lowest BCUT2D eigenvalue weighted by atomic mass is 10.2. The highest BCUT2D eigenvalue weighted by Gasteiger charge is 2.23. The van der Waals surface area contributed by atoms with Crippen LogP contribution in [0.1, 0.15) is 29.0 Å². The van der Waals surface area contributed by atoms with Gasteiger partial charge in [-0.05, 0) is 20.4 Å². The molecule has 1 amide bonds. The Hall–Kier alpha value is -2.48. The standard InChI is InChI=1S/C16H22N6O2/c1-4-21-5-7-22(8-6-21)16(23)13-10-14(18-12(3)17-13)19-15-9-11(2)24-20-15/h9-10H,4-8H2,1-3H3,(H,17,18,19,20). The zero-order valence-electron chi connectivity index (χ0n) is 14.2. The van der Waals surface area contributed by atoms with Gasteiger partial charge in [0.1, 0.15) is 23.1 Å². The molecule has 8 nitrogen and oxygen atoms in total. The van der Waals surface area contributed by atoms with Gasteiger partial charge in [0.2, 0.25) is 0 Å². The van der Waals surface area contributed by atoms with Crippen molar-refractivity contribution in [2.24, 2.45) is 0 Å². The molecule has 0 unspecified atom stereocenters. The van der Waals surface area contributed by atoms with Gasteiger partial charge >= 0.3 is 0 Å². The lowest BCUT2D eigenvalue weighted by molar-refractivity contribution is 0.0637. The highest BCUT2D eigenvalue weighted by Crippen LogP contribution is 2.16. The summed E-state index contributed by atoms with van der Waals surface area (Å²) in [5, 5.41) is 6.92. The largest absolute Gasteiger partial charge is 0.360 e. The summed E-state index contributed by atoms with van der Waals surface area (Å²) >= 11 is 0. The van der Waals surface area contributed by atoms with Gasteiger partial charge < -0.3 is 19.6 Å². The summed E-state index contributed by atoms with van der Waals surface area (Å²) < 4.78 is 5.02. The molecule has 1 aliphatic heterocycles. The number of carbonyl (C=O) groups excluding carboxylic acids is 1. The zero-order valence-corrected chi connectivity index (χ0v) is 14.2. The van der Waals surface area contributed by atoms with Crippen LogP contribution in [0.3, 0.4) is 0 Å². The number of hydrogen-bond donors (Lipinski definition) is 1. The number of carbonyl (C=O) groups is 1. The van der Waals surface area contributed by atoms with E-state index >= 15 is 0 Å². The SMILES string of the molecule is CCN1CCN(C(=O)c2cc(Nc3cc(C)on3)nc(C)n2)CC1. The van der Waals surface area contributed by atoms with E-state index in [1.54, 1.807) is 19.1 Å². The zero-order chi connectivity index (χ0) is 17.1. The number of hydrogen-bond acceptors (Lipinski definition) is 7. The van der Waals surface area contributed by atoms with Gasteiger partial charge in [-0.3, -0.25) is 4.79 Å². The summed E-state index contributed by atoms with van der Waals surface area (Å²) in [6, 6.07) is 3.43. The van der Waals surface area contributed by atoms with Crippen molar-refractivity contribution in [1.29, 1.82) is 0 Å². The number of aryl methyl sites for hydroxylation is 2. The van der Waals surface area contributed by atoms with Crippen molar-refractivity contribution in [3.05, 3.63) is 29.4 Å². The van der Waals surface area contributed by atoms with E-state index in [1.807, 2.05) is 11.8 Å². The average molecular weight is 330 g/mol. The lowest BCUT2D eigenvalue weighted by Gasteiger charge is -2.33. The Morgan fingerprint density at radius 1 is 1.17 bits per heavy atom. The number of piperazine rings is 1. The predicted molar refractivity (Wildman–Crippen MR) is 89.3 cm³/mol. The molecule has 0 bridgehead atoms. The molecule has 0 spiro atoms. The Morgan fingerprint density at radius 2 is 1.92 bits per heavy atom. The Balaban J connectivity index is 1.74. The molecule has 2 aromatic heterocycles. The minimum absolute atomic E-state index is 0.0596. The smallest absolute Gasteiger partial charge is 0.272 e. The molecule has 0 radical (unpaired) electrons. The number of amides is 1. The summed E-state index contributed by atoms with van der Waals surface area (Å²) in [4.78, 5) is 25.5. The number of aromatic nitrogens is 3. The molecule has 8 heteroatoms. The van der Waals surface area contributed by atoms with Crippen molar-refractivity contribution in [1.82, 2.24) is 24.9 Å². The molecule has 0 atom stereocenters. The maximum Gasteiger partial charge on any atom is 0.272 e. The Morgan fingerprint density at radius 3 is 2.54 bits per heavy atom. The van der Waals surface area contributed by atoms with Crippen molar-refractivity contribution in [2.75, 3.05) is 38.0 Å². The summed E-state index contributed by atoms with van der Waals surface area (Å²) in [6.07, 6.45) is 0. The molecule has 0 saturated carbocycles. The second kappa shape index (κ2) is 6.96. The fourth-order valence-corrected chi connectivity index (χ4v) is 2.73. The number of rotatable bonds is 4. The molecular weight excluding hydrogens is 308 g/mol. The lowest BCUT2D eigenvalue weighted by Crippen LogP contribution is -2.48. The minimum Gasteiger partial charge on any atom is -0.360 e. The van der Waals surface area contributed by atoms with Gasteiger partial charge in [0, 0.05) is 38.3 Å². The number of nitrogens with one attached hydrogen (secondary N) is 1. The maximum atomic E-state index is 12.7. The number of nitrogens with zero attached hydrogens (tertiary/aromatic N) is 5. The number of anilines is 2. The van der Waals surface area contributed by atoms with E-state index < -0.39 is 0 Å². The van der Waals surface area contributed by atoms with Gasteiger partial charge in [-0.1, -0.05) is 12.1 Å². The van der Waals surface area contributed by atoms with Crippen molar-refractivity contribution in [2.45, 2.75) is 20.8 Å². The third-order valence-corrected chi connectivity index (χ3v) is 4.05. The van der Waals surface area contributed by atoms with Crippen LogP contribution >= 0.6 is 0 Å². The summed E-state index contributed by atoms with van der Waals surface area (Å²) in [5.74, 6) is 2.27. The molecule has 0 aromatic carbocycles.